The number of aromatic hydroxyl groups is 1. The quantitative estimate of drug-likeness (QED) is 0.898. The van der Waals surface area contributed by atoms with Crippen molar-refractivity contribution in [3.63, 3.8) is 0 Å². The van der Waals surface area contributed by atoms with E-state index < -0.39 is 0 Å². The predicted octanol–water partition coefficient (Wildman–Crippen LogP) is 2.19. The van der Waals surface area contributed by atoms with Crippen molar-refractivity contribution in [3.8, 4) is 5.75 Å². The molecule has 0 spiro atoms. The molecule has 1 aromatic carbocycles. The van der Waals surface area contributed by atoms with E-state index in [9.17, 15) is 10.2 Å². The lowest BCUT2D eigenvalue weighted by Crippen LogP contribution is -2.78. The van der Waals surface area contributed by atoms with Crippen molar-refractivity contribution in [2.24, 2.45) is 10.8 Å². The second-order valence-corrected chi connectivity index (χ2v) is 7.61. The van der Waals surface area contributed by atoms with E-state index in [1.165, 1.54) is 5.56 Å². The van der Waals surface area contributed by atoms with Crippen LogP contribution in [-0.4, -0.2) is 52.3 Å². The molecule has 5 rings (SSSR count). The Morgan fingerprint density at radius 3 is 1.82 bits per heavy atom. The van der Waals surface area contributed by atoms with Gasteiger partial charge in [0, 0.05) is 37.0 Å². The van der Waals surface area contributed by atoms with Crippen LogP contribution in [0.3, 0.4) is 0 Å². The smallest absolute Gasteiger partial charge is 0.115 e. The first-order valence-electron chi connectivity index (χ1n) is 8.49. The molecule has 0 unspecified atom stereocenters. The summed E-state index contributed by atoms with van der Waals surface area (Å²) in [7, 11) is 0. The van der Waals surface area contributed by atoms with Crippen LogP contribution in [0.2, 0.25) is 0 Å². The minimum atomic E-state index is -0.178. The molecule has 0 amide bonds. The van der Waals surface area contributed by atoms with Gasteiger partial charge in [0.2, 0.25) is 0 Å². The van der Waals surface area contributed by atoms with Crippen molar-refractivity contribution < 1.29 is 10.2 Å². The fraction of sp³-hybridized carbons (Fsp3) is 0.667. The van der Waals surface area contributed by atoms with Crippen LogP contribution < -0.4 is 0 Å². The average Bonchev–Trinajstić information content (AvgIpc) is 2.52. The molecule has 4 aliphatic heterocycles. The normalized spacial score (nSPS) is 46.1. The summed E-state index contributed by atoms with van der Waals surface area (Å²) in [6.45, 7) is 8.36. The highest BCUT2D eigenvalue weighted by Gasteiger charge is 2.63. The molecule has 0 aromatic heterocycles. The van der Waals surface area contributed by atoms with E-state index in [0.29, 0.717) is 11.9 Å². The van der Waals surface area contributed by atoms with Crippen LogP contribution in [0.5, 0.6) is 5.75 Å². The Kier molecular flexibility index (Phi) is 3.09. The highest BCUT2D eigenvalue weighted by atomic mass is 16.3. The predicted molar refractivity (Wildman–Crippen MR) is 85.4 cm³/mol. The standard InChI is InChI=1S/C18H26N2O2/c1-3-17-9-19-11-18(4-2,16(17)22)12-20(10-17)15(19)13-5-7-14(21)8-6-13/h5-8,15-16,21-22H,3-4,9-12H2,1-2H3. The zero-order chi connectivity index (χ0) is 15.5. The number of piperidine rings is 2. The van der Waals surface area contributed by atoms with E-state index in [-0.39, 0.29) is 16.9 Å². The summed E-state index contributed by atoms with van der Waals surface area (Å²) in [6.07, 6.45) is 2.19. The van der Waals surface area contributed by atoms with Gasteiger partial charge in [-0.1, -0.05) is 26.0 Å². The van der Waals surface area contributed by atoms with Gasteiger partial charge < -0.3 is 10.2 Å². The lowest BCUT2D eigenvalue weighted by Gasteiger charge is -2.69. The maximum Gasteiger partial charge on any atom is 0.115 e. The Hall–Kier alpha value is -1.10. The summed E-state index contributed by atoms with van der Waals surface area (Å²) in [6, 6.07) is 7.64. The number of aliphatic hydroxyl groups excluding tert-OH is 1. The third kappa shape index (κ3) is 1.75. The van der Waals surface area contributed by atoms with Gasteiger partial charge in [-0.05, 0) is 30.5 Å². The zero-order valence-corrected chi connectivity index (χ0v) is 13.5. The summed E-state index contributed by atoms with van der Waals surface area (Å²) in [5.74, 6) is 0.322. The third-order valence-electron chi connectivity index (χ3n) is 6.52. The summed E-state index contributed by atoms with van der Waals surface area (Å²) in [5.41, 5.74) is 1.31. The maximum absolute atomic E-state index is 11.0. The summed E-state index contributed by atoms with van der Waals surface area (Å²) >= 11 is 0. The van der Waals surface area contributed by atoms with Crippen LogP contribution >= 0.6 is 0 Å². The molecule has 4 bridgehead atoms. The second-order valence-electron chi connectivity index (χ2n) is 7.61. The first kappa shape index (κ1) is 14.5. The molecule has 4 saturated heterocycles. The van der Waals surface area contributed by atoms with Gasteiger partial charge in [0.25, 0.3) is 0 Å². The van der Waals surface area contributed by atoms with Crippen LogP contribution in [0.25, 0.3) is 0 Å². The molecular weight excluding hydrogens is 276 g/mol. The van der Waals surface area contributed by atoms with Gasteiger partial charge in [-0.25, -0.2) is 0 Å². The Morgan fingerprint density at radius 1 is 0.955 bits per heavy atom. The second kappa shape index (κ2) is 4.70. The molecule has 0 radical (unpaired) electrons. The lowest BCUT2D eigenvalue weighted by molar-refractivity contribution is -0.266. The molecule has 1 aromatic rings. The van der Waals surface area contributed by atoms with Crippen molar-refractivity contribution in [2.75, 3.05) is 26.2 Å². The van der Waals surface area contributed by atoms with E-state index in [1.54, 1.807) is 12.1 Å². The fourth-order valence-electron chi connectivity index (χ4n) is 5.30. The van der Waals surface area contributed by atoms with Crippen LogP contribution in [0.15, 0.2) is 24.3 Å². The molecule has 4 heterocycles. The Labute approximate surface area is 132 Å². The number of hydrogen-bond donors (Lipinski definition) is 2. The number of benzene rings is 1. The van der Waals surface area contributed by atoms with E-state index in [4.69, 9.17) is 0 Å². The zero-order valence-electron chi connectivity index (χ0n) is 13.5. The number of phenols is 1. The van der Waals surface area contributed by atoms with Crippen LogP contribution in [0.1, 0.15) is 38.4 Å². The van der Waals surface area contributed by atoms with E-state index in [1.807, 2.05) is 12.1 Å². The highest BCUT2D eigenvalue weighted by molar-refractivity contribution is 5.30. The highest BCUT2D eigenvalue weighted by Crippen LogP contribution is 2.56. The molecule has 4 nitrogen and oxygen atoms in total. The molecule has 0 atom stereocenters. The Balaban J connectivity index is 1.73. The largest absolute Gasteiger partial charge is 0.508 e. The fourth-order valence-corrected chi connectivity index (χ4v) is 5.30. The lowest BCUT2D eigenvalue weighted by atomic mass is 9.57. The van der Waals surface area contributed by atoms with E-state index in [0.717, 1.165) is 39.0 Å². The molecule has 0 aliphatic carbocycles. The molecule has 22 heavy (non-hydrogen) atoms. The topological polar surface area (TPSA) is 46.9 Å². The number of nitrogens with zero attached hydrogens (tertiary/aromatic N) is 2. The van der Waals surface area contributed by atoms with Crippen molar-refractivity contribution in [2.45, 2.75) is 39.0 Å². The summed E-state index contributed by atoms with van der Waals surface area (Å²) < 4.78 is 0. The summed E-state index contributed by atoms with van der Waals surface area (Å²) in [5, 5.41) is 20.6. The van der Waals surface area contributed by atoms with Crippen molar-refractivity contribution in [3.05, 3.63) is 29.8 Å². The maximum atomic E-state index is 11.0. The molecule has 120 valence electrons. The number of phenolic OH excluding ortho intramolecular Hbond substituents is 1. The first-order chi connectivity index (χ1) is 10.5. The SMILES string of the molecule is CCC12CN3CC(CC)(CN(C1)C3c1ccc(O)cc1)C2O. The molecular formula is C18H26N2O2. The van der Waals surface area contributed by atoms with Gasteiger partial charge in [-0.2, -0.15) is 0 Å². The van der Waals surface area contributed by atoms with Gasteiger partial charge in [-0.3, -0.25) is 9.80 Å². The number of hydrogen-bond acceptors (Lipinski definition) is 4. The Bertz CT molecular complexity index is 531. The minimum Gasteiger partial charge on any atom is -0.508 e. The van der Waals surface area contributed by atoms with Crippen molar-refractivity contribution in [1.29, 1.82) is 0 Å². The third-order valence-corrected chi connectivity index (χ3v) is 6.52. The van der Waals surface area contributed by atoms with Gasteiger partial charge in [-0.15, -0.1) is 0 Å². The summed E-state index contributed by atoms with van der Waals surface area (Å²) in [4.78, 5) is 5.11. The van der Waals surface area contributed by atoms with Gasteiger partial charge in [0.15, 0.2) is 0 Å². The molecule has 2 N–H and O–H groups in total. The first-order valence-corrected chi connectivity index (χ1v) is 8.49. The van der Waals surface area contributed by atoms with Crippen molar-refractivity contribution in [1.82, 2.24) is 9.80 Å². The molecule has 4 fully saturated rings. The van der Waals surface area contributed by atoms with E-state index >= 15 is 0 Å². The molecule has 4 aliphatic rings. The van der Waals surface area contributed by atoms with E-state index in [2.05, 4.69) is 23.6 Å². The minimum absolute atomic E-state index is 0.0277. The number of aliphatic hydroxyl groups is 1. The Morgan fingerprint density at radius 2 is 1.41 bits per heavy atom. The molecule has 0 saturated carbocycles. The van der Waals surface area contributed by atoms with Crippen LogP contribution in [-0.2, 0) is 0 Å². The van der Waals surface area contributed by atoms with Gasteiger partial charge in [0.1, 0.15) is 5.75 Å². The van der Waals surface area contributed by atoms with Crippen molar-refractivity contribution >= 4 is 0 Å². The van der Waals surface area contributed by atoms with Gasteiger partial charge in [0.05, 0.1) is 12.3 Å². The van der Waals surface area contributed by atoms with Gasteiger partial charge >= 0.3 is 0 Å². The average molecular weight is 302 g/mol. The monoisotopic (exact) mass is 302 g/mol. The number of rotatable bonds is 3. The molecule has 4 heteroatoms. The van der Waals surface area contributed by atoms with Crippen LogP contribution in [0, 0.1) is 10.8 Å². The van der Waals surface area contributed by atoms with Crippen LogP contribution in [0.4, 0.5) is 0 Å².